The summed E-state index contributed by atoms with van der Waals surface area (Å²) in [5, 5.41) is 12.8. The Morgan fingerprint density at radius 2 is 2.12 bits per heavy atom. The SMILES string of the molecule is CSCC(C)NCC(O)c1cc(F)ccc1F. The van der Waals surface area contributed by atoms with Gasteiger partial charge in [0.05, 0.1) is 6.10 Å². The number of aliphatic hydroxyl groups excluding tert-OH is 1. The highest BCUT2D eigenvalue weighted by atomic mass is 32.2. The molecule has 0 saturated heterocycles. The van der Waals surface area contributed by atoms with Crippen LogP contribution in [-0.2, 0) is 0 Å². The van der Waals surface area contributed by atoms with Crippen LogP contribution >= 0.6 is 11.8 Å². The summed E-state index contributed by atoms with van der Waals surface area (Å²) in [7, 11) is 0. The van der Waals surface area contributed by atoms with E-state index in [0.29, 0.717) is 0 Å². The van der Waals surface area contributed by atoms with Gasteiger partial charge in [-0.05, 0) is 31.4 Å². The molecular formula is C12H17F2NOS. The first-order chi connectivity index (χ1) is 8.04. The zero-order chi connectivity index (χ0) is 12.8. The summed E-state index contributed by atoms with van der Waals surface area (Å²) in [5.74, 6) is -0.228. The molecule has 1 aromatic carbocycles. The maximum Gasteiger partial charge on any atom is 0.129 e. The van der Waals surface area contributed by atoms with Crippen LogP contribution in [-0.4, -0.2) is 29.7 Å². The van der Waals surface area contributed by atoms with E-state index in [9.17, 15) is 13.9 Å². The van der Waals surface area contributed by atoms with Crippen molar-refractivity contribution in [1.82, 2.24) is 5.32 Å². The molecule has 0 spiro atoms. The molecular weight excluding hydrogens is 244 g/mol. The number of thioether (sulfide) groups is 1. The van der Waals surface area contributed by atoms with E-state index in [-0.39, 0.29) is 18.2 Å². The lowest BCUT2D eigenvalue weighted by atomic mass is 10.1. The van der Waals surface area contributed by atoms with Crippen molar-refractivity contribution in [3.05, 3.63) is 35.4 Å². The zero-order valence-electron chi connectivity index (χ0n) is 9.91. The Kier molecular flexibility index (Phi) is 5.88. The van der Waals surface area contributed by atoms with E-state index in [1.165, 1.54) is 0 Å². The Bertz CT molecular complexity index is 362. The summed E-state index contributed by atoms with van der Waals surface area (Å²) in [6.07, 6.45) is 0.955. The molecule has 0 aliphatic rings. The van der Waals surface area contributed by atoms with Crippen molar-refractivity contribution in [3.63, 3.8) is 0 Å². The summed E-state index contributed by atoms with van der Waals surface area (Å²) in [4.78, 5) is 0. The van der Waals surface area contributed by atoms with Crippen molar-refractivity contribution in [2.45, 2.75) is 19.1 Å². The first-order valence-electron chi connectivity index (χ1n) is 5.40. The van der Waals surface area contributed by atoms with Crippen molar-refractivity contribution in [2.24, 2.45) is 0 Å². The molecule has 2 unspecified atom stereocenters. The highest BCUT2D eigenvalue weighted by molar-refractivity contribution is 7.98. The standard InChI is InChI=1S/C12H17F2NOS/c1-8(7-17-2)15-6-12(16)10-5-9(13)3-4-11(10)14/h3-5,8,12,15-16H,6-7H2,1-2H3. The lowest BCUT2D eigenvalue weighted by Gasteiger charge is -2.17. The van der Waals surface area contributed by atoms with Crippen molar-refractivity contribution in [2.75, 3.05) is 18.6 Å². The van der Waals surface area contributed by atoms with Crippen LogP contribution in [0.2, 0.25) is 0 Å². The highest BCUT2D eigenvalue weighted by Gasteiger charge is 2.14. The van der Waals surface area contributed by atoms with Crippen molar-refractivity contribution < 1.29 is 13.9 Å². The molecule has 0 radical (unpaired) electrons. The average molecular weight is 261 g/mol. The van der Waals surface area contributed by atoms with Crippen LogP contribution < -0.4 is 5.32 Å². The zero-order valence-corrected chi connectivity index (χ0v) is 10.7. The maximum atomic E-state index is 13.3. The molecule has 0 aliphatic heterocycles. The number of hydrogen-bond donors (Lipinski definition) is 2. The minimum absolute atomic E-state index is 0.00569. The number of nitrogens with one attached hydrogen (secondary N) is 1. The summed E-state index contributed by atoms with van der Waals surface area (Å²) >= 11 is 1.68. The predicted octanol–water partition coefficient (Wildman–Crippen LogP) is 2.34. The van der Waals surface area contributed by atoms with Crippen LogP contribution in [0.5, 0.6) is 0 Å². The van der Waals surface area contributed by atoms with Crippen LogP contribution in [0.3, 0.4) is 0 Å². The average Bonchev–Trinajstić information content (AvgIpc) is 2.29. The number of halogens is 2. The Morgan fingerprint density at radius 3 is 2.76 bits per heavy atom. The molecule has 2 N–H and O–H groups in total. The van der Waals surface area contributed by atoms with Crippen LogP contribution in [0.25, 0.3) is 0 Å². The smallest absolute Gasteiger partial charge is 0.129 e. The molecule has 5 heteroatoms. The van der Waals surface area contributed by atoms with E-state index in [2.05, 4.69) is 5.32 Å². The summed E-state index contributed by atoms with van der Waals surface area (Å²) in [6.45, 7) is 2.19. The third-order valence-electron chi connectivity index (χ3n) is 2.39. The summed E-state index contributed by atoms with van der Waals surface area (Å²) in [5.41, 5.74) is -0.00569. The highest BCUT2D eigenvalue weighted by Crippen LogP contribution is 2.17. The third kappa shape index (κ3) is 4.61. The normalized spacial score (nSPS) is 14.6. The van der Waals surface area contributed by atoms with Gasteiger partial charge in [0, 0.05) is 23.9 Å². The maximum absolute atomic E-state index is 13.3. The molecule has 0 heterocycles. The van der Waals surface area contributed by atoms with E-state index in [1.54, 1.807) is 11.8 Å². The molecule has 96 valence electrons. The molecule has 0 amide bonds. The van der Waals surface area contributed by atoms with E-state index < -0.39 is 17.7 Å². The number of benzene rings is 1. The number of rotatable bonds is 6. The minimum Gasteiger partial charge on any atom is -0.387 e. The van der Waals surface area contributed by atoms with Gasteiger partial charge in [-0.1, -0.05) is 0 Å². The topological polar surface area (TPSA) is 32.3 Å². The Morgan fingerprint density at radius 1 is 1.41 bits per heavy atom. The minimum atomic E-state index is -1.03. The van der Waals surface area contributed by atoms with Crippen LogP contribution in [0, 0.1) is 11.6 Å². The van der Waals surface area contributed by atoms with Gasteiger partial charge in [0.25, 0.3) is 0 Å². The molecule has 2 nitrogen and oxygen atoms in total. The van der Waals surface area contributed by atoms with Crippen LogP contribution in [0.4, 0.5) is 8.78 Å². The van der Waals surface area contributed by atoms with Gasteiger partial charge in [-0.2, -0.15) is 11.8 Å². The molecule has 2 atom stereocenters. The van der Waals surface area contributed by atoms with Crippen molar-refractivity contribution in [1.29, 1.82) is 0 Å². The Balaban J connectivity index is 2.57. The van der Waals surface area contributed by atoms with E-state index in [4.69, 9.17) is 0 Å². The van der Waals surface area contributed by atoms with Crippen molar-refractivity contribution >= 4 is 11.8 Å². The van der Waals surface area contributed by atoms with Gasteiger partial charge >= 0.3 is 0 Å². The second-order valence-corrected chi connectivity index (χ2v) is 4.86. The Hall–Kier alpha value is -0.650. The second kappa shape index (κ2) is 6.93. The van der Waals surface area contributed by atoms with Gasteiger partial charge in [0.15, 0.2) is 0 Å². The van der Waals surface area contributed by atoms with Crippen LogP contribution in [0.1, 0.15) is 18.6 Å². The molecule has 17 heavy (non-hydrogen) atoms. The fourth-order valence-electron chi connectivity index (χ4n) is 1.50. The van der Waals surface area contributed by atoms with Crippen LogP contribution in [0.15, 0.2) is 18.2 Å². The fourth-order valence-corrected chi connectivity index (χ4v) is 2.12. The quantitative estimate of drug-likeness (QED) is 0.824. The first-order valence-corrected chi connectivity index (χ1v) is 6.79. The summed E-state index contributed by atoms with van der Waals surface area (Å²) in [6, 6.07) is 3.31. The second-order valence-electron chi connectivity index (χ2n) is 3.95. The monoisotopic (exact) mass is 261 g/mol. The molecule has 0 aromatic heterocycles. The molecule has 0 aliphatic carbocycles. The first kappa shape index (κ1) is 14.4. The van der Waals surface area contributed by atoms with Gasteiger partial charge in [-0.3, -0.25) is 0 Å². The lowest BCUT2D eigenvalue weighted by molar-refractivity contribution is 0.167. The largest absolute Gasteiger partial charge is 0.387 e. The van der Waals surface area contributed by atoms with E-state index >= 15 is 0 Å². The van der Waals surface area contributed by atoms with E-state index in [1.807, 2.05) is 13.2 Å². The third-order valence-corrected chi connectivity index (χ3v) is 3.23. The fraction of sp³-hybridized carbons (Fsp3) is 0.500. The number of hydrogen-bond acceptors (Lipinski definition) is 3. The summed E-state index contributed by atoms with van der Waals surface area (Å²) < 4.78 is 26.3. The van der Waals surface area contributed by atoms with Gasteiger partial charge in [0.2, 0.25) is 0 Å². The molecule has 1 aromatic rings. The van der Waals surface area contributed by atoms with Gasteiger partial charge < -0.3 is 10.4 Å². The molecule has 0 saturated carbocycles. The van der Waals surface area contributed by atoms with Crippen molar-refractivity contribution in [3.8, 4) is 0 Å². The number of aliphatic hydroxyl groups is 1. The molecule has 0 fully saturated rings. The lowest BCUT2D eigenvalue weighted by Crippen LogP contribution is -2.32. The van der Waals surface area contributed by atoms with Gasteiger partial charge in [0.1, 0.15) is 11.6 Å². The molecule has 1 rings (SSSR count). The molecule has 0 bridgehead atoms. The van der Waals surface area contributed by atoms with E-state index in [0.717, 1.165) is 24.0 Å². The van der Waals surface area contributed by atoms with Gasteiger partial charge in [-0.25, -0.2) is 8.78 Å². The van der Waals surface area contributed by atoms with Gasteiger partial charge in [-0.15, -0.1) is 0 Å². The Labute approximate surface area is 104 Å². The predicted molar refractivity (Wildman–Crippen MR) is 67.2 cm³/mol.